The molecule has 1 N–H and O–H groups in total. The van der Waals surface area contributed by atoms with E-state index in [1.165, 1.54) is 6.92 Å². The third-order valence-electron chi connectivity index (χ3n) is 2.44. The predicted molar refractivity (Wildman–Crippen MR) is 69.4 cm³/mol. The fourth-order valence-corrected chi connectivity index (χ4v) is 1.55. The molecule has 0 spiro atoms. The average Bonchev–Trinajstić information content (AvgIpc) is 2.37. The van der Waals surface area contributed by atoms with Crippen molar-refractivity contribution in [3.63, 3.8) is 0 Å². The third-order valence-corrected chi connectivity index (χ3v) is 2.44. The van der Waals surface area contributed by atoms with Crippen molar-refractivity contribution in [2.75, 3.05) is 6.61 Å². The van der Waals surface area contributed by atoms with E-state index >= 15 is 0 Å². The average molecular weight is 263 g/mol. The van der Waals surface area contributed by atoms with Crippen LogP contribution in [0.25, 0.3) is 0 Å². The topological polar surface area (TPSA) is 72.5 Å². The number of Topliss-reactive ketones (excluding diaryl/α,β-unsaturated/α-hetero) is 1. The van der Waals surface area contributed by atoms with Crippen LogP contribution in [0.4, 0.5) is 0 Å². The lowest BCUT2D eigenvalue weighted by molar-refractivity contribution is -0.150. The van der Waals surface area contributed by atoms with Crippen molar-refractivity contribution in [2.45, 2.75) is 26.3 Å². The molecule has 0 aliphatic rings. The SMILES string of the molecule is CCOC(=O)C(NC(=O)Cc1ccccc1)C(C)=O. The molecule has 1 rings (SSSR count). The summed E-state index contributed by atoms with van der Waals surface area (Å²) in [5.41, 5.74) is 0.811. The molecule has 1 aromatic carbocycles. The Morgan fingerprint density at radius 2 is 1.84 bits per heavy atom. The summed E-state index contributed by atoms with van der Waals surface area (Å²) in [4.78, 5) is 34.6. The van der Waals surface area contributed by atoms with Gasteiger partial charge in [-0.25, -0.2) is 4.79 Å². The summed E-state index contributed by atoms with van der Waals surface area (Å²) in [6, 6.07) is 7.85. The molecule has 0 fully saturated rings. The second kappa shape index (κ2) is 7.31. The van der Waals surface area contributed by atoms with E-state index in [9.17, 15) is 14.4 Å². The highest BCUT2D eigenvalue weighted by Gasteiger charge is 2.26. The lowest BCUT2D eigenvalue weighted by Gasteiger charge is -2.14. The minimum Gasteiger partial charge on any atom is -0.464 e. The molecule has 0 aromatic heterocycles. The van der Waals surface area contributed by atoms with Gasteiger partial charge in [0.1, 0.15) is 0 Å². The Labute approximate surface area is 111 Å². The number of amides is 1. The van der Waals surface area contributed by atoms with Crippen molar-refractivity contribution in [1.29, 1.82) is 0 Å². The van der Waals surface area contributed by atoms with Crippen molar-refractivity contribution in [3.8, 4) is 0 Å². The molecule has 5 heteroatoms. The number of ether oxygens (including phenoxy) is 1. The smallest absolute Gasteiger partial charge is 0.336 e. The van der Waals surface area contributed by atoms with Gasteiger partial charge in [-0.15, -0.1) is 0 Å². The normalized spacial score (nSPS) is 11.5. The maximum absolute atomic E-state index is 11.8. The molecule has 1 amide bonds. The second-order valence-corrected chi connectivity index (χ2v) is 4.03. The molecule has 0 bridgehead atoms. The van der Waals surface area contributed by atoms with Gasteiger partial charge in [-0.05, 0) is 19.4 Å². The fraction of sp³-hybridized carbons (Fsp3) is 0.357. The van der Waals surface area contributed by atoms with Crippen LogP contribution in [0, 0.1) is 0 Å². The Morgan fingerprint density at radius 3 is 2.37 bits per heavy atom. The Morgan fingerprint density at radius 1 is 1.21 bits per heavy atom. The molecule has 0 radical (unpaired) electrons. The minimum atomic E-state index is -1.23. The number of hydrogen-bond donors (Lipinski definition) is 1. The lowest BCUT2D eigenvalue weighted by Crippen LogP contribution is -2.47. The molecule has 102 valence electrons. The molecule has 0 aliphatic heterocycles. The van der Waals surface area contributed by atoms with Gasteiger partial charge < -0.3 is 10.1 Å². The highest BCUT2D eigenvalue weighted by atomic mass is 16.5. The molecule has 0 saturated heterocycles. The number of ketones is 1. The largest absolute Gasteiger partial charge is 0.464 e. The molecule has 0 saturated carbocycles. The predicted octanol–water partition coefficient (Wildman–Crippen LogP) is 0.866. The van der Waals surface area contributed by atoms with E-state index in [1.54, 1.807) is 19.1 Å². The zero-order valence-electron chi connectivity index (χ0n) is 11.0. The van der Waals surface area contributed by atoms with Crippen molar-refractivity contribution in [2.24, 2.45) is 0 Å². The molecule has 0 aliphatic carbocycles. The first-order valence-corrected chi connectivity index (χ1v) is 6.05. The zero-order chi connectivity index (χ0) is 14.3. The van der Waals surface area contributed by atoms with E-state index < -0.39 is 17.8 Å². The molecule has 0 heterocycles. The Bertz CT molecular complexity index is 456. The van der Waals surface area contributed by atoms with Gasteiger partial charge >= 0.3 is 5.97 Å². The van der Waals surface area contributed by atoms with Gasteiger partial charge in [0.05, 0.1) is 13.0 Å². The van der Waals surface area contributed by atoms with E-state index in [4.69, 9.17) is 4.74 Å². The van der Waals surface area contributed by atoms with Crippen molar-refractivity contribution in [1.82, 2.24) is 5.32 Å². The molecule has 1 atom stereocenters. The zero-order valence-corrected chi connectivity index (χ0v) is 11.0. The first-order chi connectivity index (χ1) is 9.04. The van der Waals surface area contributed by atoms with Crippen molar-refractivity contribution < 1.29 is 19.1 Å². The van der Waals surface area contributed by atoms with E-state index in [-0.39, 0.29) is 18.9 Å². The minimum absolute atomic E-state index is 0.115. The second-order valence-electron chi connectivity index (χ2n) is 4.03. The number of rotatable bonds is 6. The quantitative estimate of drug-likeness (QED) is 0.610. The van der Waals surface area contributed by atoms with Crippen LogP contribution >= 0.6 is 0 Å². The van der Waals surface area contributed by atoms with Crippen LogP contribution in [0.2, 0.25) is 0 Å². The highest BCUT2D eigenvalue weighted by Crippen LogP contribution is 2.00. The Hall–Kier alpha value is -2.17. The van der Waals surface area contributed by atoms with Crippen LogP contribution in [0.5, 0.6) is 0 Å². The van der Waals surface area contributed by atoms with Gasteiger partial charge in [0.25, 0.3) is 0 Å². The molecule has 19 heavy (non-hydrogen) atoms. The number of nitrogens with one attached hydrogen (secondary N) is 1. The summed E-state index contributed by atoms with van der Waals surface area (Å²) in [5, 5.41) is 2.39. The number of carbonyl (C=O) groups is 3. The molecule has 1 unspecified atom stereocenters. The Kier molecular flexibility index (Phi) is 5.73. The molecule has 5 nitrogen and oxygen atoms in total. The summed E-state index contributed by atoms with van der Waals surface area (Å²) in [7, 11) is 0. The van der Waals surface area contributed by atoms with E-state index in [2.05, 4.69) is 5.32 Å². The molecular weight excluding hydrogens is 246 g/mol. The molecular formula is C14H17NO4. The van der Waals surface area contributed by atoms with Gasteiger partial charge in [0.2, 0.25) is 5.91 Å². The standard InChI is InChI=1S/C14H17NO4/c1-3-19-14(18)13(10(2)16)15-12(17)9-11-7-5-4-6-8-11/h4-8,13H,3,9H2,1-2H3,(H,15,17). The van der Waals surface area contributed by atoms with Crippen molar-refractivity contribution >= 4 is 17.7 Å². The summed E-state index contributed by atoms with van der Waals surface area (Å²) >= 11 is 0. The van der Waals surface area contributed by atoms with E-state index in [0.717, 1.165) is 5.56 Å². The van der Waals surface area contributed by atoms with Crippen LogP contribution in [-0.2, 0) is 25.5 Å². The van der Waals surface area contributed by atoms with E-state index in [0.29, 0.717) is 0 Å². The van der Waals surface area contributed by atoms with Crippen molar-refractivity contribution in [3.05, 3.63) is 35.9 Å². The van der Waals surface area contributed by atoms with Crippen LogP contribution in [0.15, 0.2) is 30.3 Å². The maximum atomic E-state index is 11.8. The van der Waals surface area contributed by atoms with Crippen LogP contribution in [0.1, 0.15) is 19.4 Å². The summed E-state index contributed by atoms with van der Waals surface area (Å²) in [6.07, 6.45) is 0.115. The first-order valence-electron chi connectivity index (χ1n) is 6.05. The van der Waals surface area contributed by atoms with Gasteiger partial charge in [0, 0.05) is 0 Å². The number of carbonyl (C=O) groups excluding carboxylic acids is 3. The fourth-order valence-electron chi connectivity index (χ4n) is 1.55. The monoisotopic (exact) mass is 263 g/mol. The third kappa shape index (κ3) is 4.91. The molecule has 1 aromatic rings. The van der Waals surface area contributed by atoms with Gasteiger partial charge in [0.15, 0.2) is 11.8 Å². The number of benzene rings is 1. The number of esters is 1. The van der Waals surface area contributed by atoms with Crippen LogP contribution < -0.4 is 5.32 Å². The first kappa shape index (κ1) is 14.9. The maximum Gasteiger partial charge on any atom is 0.336 e. The van der Waals surface area contributed by atoms with Crippen LogP contribution in [0.3, 0.4) is 0 Å². The summed E-state index contributed by atoms with van der Waals surface area (Å²) in [6.45, 7) is 3.04. The van der Waals surface area contributed by atoms with Gasteiger partial charge in [-0.1, -0.05) is 30.3 Å². The Balaban J connectivity index is 2.62. The van der Waals surface area contributed by atoms with Gasteiger partial charge in [-0.3, -0.25) is 9.59 Å². The van der Waals surface area contributed by atoms with Crippen LogP contribution in [-0.4, -0.2) is 30.3 Å². The highest BCUT2D eigenvalue weighted by molar-refractivity contribution is 6.04. The summed E-state index contributed by atoms with van der Waals surface area (Å²) < 4.78 is 4.74. The lowest BCUT2D eigenvalue weighted by atomic mass is 10.1. The van der Waals surface area contributed by atoms with E-state index in [1.807, 2.05) is 18.2 Å². The summed E-state index contributed by atoms with van der Waals surface area (Å²) in [5.74, 6) is -1.56. The van der Waals surface area contributed by atoms with Gasteiger partial charge in [-0.2, -0.15) is 0 Å². The number of hydrogen-bond acceptors (Lipinski definition) is 4.